The highest BCUT2D eigenvalue weighted by atomic mass is 32.2. The number of hydrogen-bond acceptors (Lipinski definition) is 5. The first-order valence-corrected chi connectivity index (χ1v) is 10.3. The number of nitrogens with zero attached hydrogens (tertiary/aromatic N) is 3. The molecule has 30 heavy (non-hydrogen) atoms. The average Bonchev–Trinajstić information content (AvgIpc) is 2.74. The van der Waals surface area contributed by atoms with Gasteiger partial charge in [0.1, 0.15) is 0 Å². The van der Waals surface area contributed by atoms with E-state index in [9.17, 15) is 32.1 Å². The predicted octanol–water partition coefficient (Wildman–Crippen LogP) is 2.42. The lowest BCUT2D eigenvalue weighted by atomic mass is 10.2. The molecule has 0 radical (unpaired) electrons. The molecule has 1 heterocycles. The Labute approximate surface area is 171 Å². The second-order valence-electron chi connectivity index (χ2n) is 6.49. The molecule has 1 aliphatic heterocycles. The second-order valence-corrected chi connectivity index (χ2v) is 8.43. The summed E-state index contributed by atoms with van der Waals surface area (Å²) in [6, 6.07) is 8.05. The fourth-order valence-electron chi connectivity index (χ4n) is 2.92. The van der Waals surface area contributed by atoms with Crippen LogP contribution in [0.1, 0.15) is 5.56 Å². The van der Waals surface area contributed by atoms with Gasteiger partial charge in [0.15, 0.2) is 11.6 Å². The highest BCUT2D eigenvalue weighted by molar-refractivity contribution is 7.89. The van der Waals surface area contributed by atoms with Crippen molar-refractivity contribution in [3.05, 3.63) is 75.9 Å². The Hall–Kier alpha value is -3.18. The highest BCUT2D eigenvalue weighted by Gasteiger charge is 2.30. The lowest BCUT2D eigenvalue weighted by Gasteiger charge is -2.33. The number of carbonyl (C=O) groups excluding carboxylic acids is 1. The van der Waals surface area contributed by atoms with Crippen molar-refractivity contribution in [2.75, 3.05) is 26.2 Å². The Morgan fingerprint density at radius 2 is 1.63 bits per heavy atom. The van der Waals surface area contributed by atoms with Crippen LogP contribution >= 0.6 is 0 Å². The van der Waals surface area contributed by atoms with Crippen molar-refractivity contribution in [3.63, 3.8) is 0 Å². The maximum Gasteiger partial charge on any atom is 0.269 e. The molecule has 0 bridgehead atoms. The molecule has 0 saturated carbocycles. The van der Waals surface area contributed by atoms with E-state index in [0.717, 1.165) is 16.4 Å². The van der Waals surface area contributed by atoms with E-state index >= 15 is 0 Å². The molecule has 158 valence electrons. The van der Waals surface area contributed by atoms with Crippen LogP contribution in [-0.2, 0) is 14.8 Å². The van der Waals surface area contributed by atoms with Gasteiger partial charge >= 0.3 is 0 Å². The topological polar surface area (TPSA) is 101 Å². The van der Waals surface area contributed by atoms with E-state index in [0.29, 0.717) is 11.6 Å². The molecule has 2 aromatic rings. The van der Waals surface area contributed by atoms with Gasteiger partial charge in [-0.05, 0) is 42.0 Å². The molecule has 0 unspecified atom stereocenters. The minimum atomic E-state index is -4.00. The van der Waals surface area contributed by atoms with Crippen molar-refractivity contribution >= 4 is 27.7 Å². The van der Waals surface area contributed by atoms with Crippen LogP contribution in [0, 0.1) is 21.7 Å². The standard InChI is InChI=1S/C19H17F2N3O5S/c20-17-7-6-16(13-18(17)21)30(28,29)23-11-9-22(10-12-23)19(25)8-3-14-1-4-15(5-2-14)24(26)27/h1-8,13H,9-12H2/b8-3+. The van der Waals surface area contributed by atoms with E-state index in [2.05, 4.69) is 0 Å². The van der Waals surface area contributed by atoms with Crippen molar-refractivity contribution < 1.29 is 26.9 Å². The van der Waals surface area contributed by atoms with E-state index in [1.54, 1.807) is 0 Å². The molecule has 0 atom stereocenters. The lowest BCUT2D eigenvalue weighted by molar-refractivity contribution is -0.384. The maximum atomic E-state index is 13.4. The van der Waals surface area contributed by atoms with Crippen molar-refractivity contribution in [3.8, 4) is 0 Å². The first-order chi connectivity index (χ1) is 14.2. The van der Waals surface area contributed by atoms with Gasteiger partial charge in [-0.25, -0.2) is 17.2 Å². The van der Waals surface area contributed by atoms with Crippen LogP contribution in [0.4, 0.5) is 14.5 Å². The molecule has 11 heteroatoms. The summed E-state index contributed by atoms with van der Waals surface area (Å²) >= 11 is 0. The molecular formula is C19H17F2N3O5S. The lowest BCUT2D eigenvalue weighted by Crippen LogP contribution is -2.50. The summed E-state index contributed by atoms with van der Waals surface area (Å²) in [6.07, 6.45) is 2.82. The van der Waals surface area contributed by atoms with E-state index in [1.807, 2.05) is 0 Å². The van der Waals surface area contributed by atoms with Gasteiger partial charge in [0, 0.05) is 44.4 Å². The number of non-ortho nitro benzene ring substituents is 1. The normalized spacial score (nSPS) is 15.5. The van der Waals surface area contributed by atoms with Crippen molar-refractivity contribution in [1.82, 2.24) is 9.21 Å². The average molecular weight is 437 g/mol. The van der Waals surface area contributed by atoms with Gasteiger partial charge in [-0.2, -0.15) is 4.31 Å². The van der Waals surface area contributed by atoms with Crippen molar-refractivity contribution in [2.24, 2.45) is 0 Å². The molecule has 0 N–H and O–H groups in total. The maximum absolute atomic E-state index is 13.4. The van der Waals surface area contributed by atoms with E-state index in [4.69, 9.17) is 0 Å². The molecule has 2 aromatic carbocycles. The predicted molar refractivity (Wildman–Crippen MR) is 104 cm³/mol. The molecule has 1 fully saturated rings. The molecule has 1 aliphatic rings. The quantitative estimate of drug-likeness (QED) is 0.406. The van der Waals surface area contributed by atoms with Gasteiger partial charge in [0.05, 0.1) is 9.82 Å². The molecule has 0 aromatic heterocycles. The summed E-state index contributed by atoms with van der Waals surface area (Å²) in [7, 11) is -4.00. The summed E-state index contributed by atoms with van der Waals surface area (Å²) in [5.74, 6) is -2.72. The van der Waals surface area contributed by atoms with Crippen LogP contribution in [0.25, 0.3) is 6.08 Å². The molecule has 8 nitrogen and oxygen atoms in total. The van der Waals surface area contributed by atoms with Crippen LogP contribution in [0.2, 0.25) is 0 Å². The smallest absolute Gasteiger partial charge is 0.269 e. The number of benzene rings is 2. The molecule has 0 aliphatic carbocycles. The van der Waals surface area contributed by atoms with Crippen molar-refractivity contribution in [1.29, 1.82) is 0 Å². The summed E-state index contributed by atoms with van der Waals surface area (Å²) in [5.41, 5.74) is 0.547. The zero-order chi connectivity index (χ0) is 21.9. The van der Waals surface area contributed by atoms with Crippen LogP contribution in [0.15, 0.2) is 53.4 Å². The van der Waals surface area contributed by atoms with E-state index < -0.39 is 26.6 Å². The Kier molecular flexibility index (Phi) is 6.22. The minimum Gasteiger partial charge on any atom is -0.337 e. The Morgan fingerprint density at radius 3 is 2.20 bits per heavy atom. The number of piperazine rings is 1. The van der Waals surface area contributed by atoms with Crippen LogP contribution in [0.5, 0.6) is 0 Å². The summed E-state index contributed by atoms with van der Waals surface area (Å²) in [4.78, 5) is 23.6. The fourth-order valence-corrected chi connectivity index (χ4v) is 4.35. The summed E-state index contributed by atoms with van der Waals surface area (Å²) in [6.45, 7) is 0.287. The largest absolute Gasteiger partial charge is 0.337 e. The van der Waals surface area contributed by atoms with E-state index in [1.165, 1.54) is 41.3 Å². The highest BCUT2D eigenvalue weighted by Crippen LogP contribution is 2.20. The monoisotopic (exact) mass is 437 g/mol. The SMILES string of the molecule is O=C(/C=C/c1ccc([N+](=O)[O-])cc1)N1CCN(S(=O)(=O)c2ccc(F)c(F)c2)CC1. The molecule has 0 spiro atoms. The molecular weight excluding hydrogens is 420 g/mol. The number of hydrogen-bond donors (Lipinski definition) is 0. The number of halogens is 2. The zero-order valence-electron chi connectivity index (χ0n) is 15.6. The van der Waals surface area contributed by atoms with Gasteiger partial charge in [0.2, 0.25) is 15.9 Å². The fraction of sp³-hybridized carbons (Fsp3) is 0.211. The van der Waals surface area contributed by atoms with Gasteiger partial charge in [-0.3, -0.25) is 14.9 Å². The first-order valence-electron chi connectivity index (χ1n) is 8.85. The van der Waals surface area contributed by atoms with Gasteiger partial charge in [0.25, 0.3) is 5.69 Å². The third kappa shape index (κ3) is 4.69. The molecule has 1 saturated heterocycles. The third-order valence-corrected chi connectivity index (χ3v) is 6.50. The zero-order valence-corrected chi connectivity index (χ0v) is 16.4. The van der Waals surface area contributed by atoms with E-state index in [-0.39, 0.29) is 42.7 Å². The number of sulfonamides is 1. The van der Waals surface area contributed by atoms with Gasteiger partial charge in [-0.1, -0.05) is 0 Å². The number of nitro benzene ring substituents is 1. The van der Waals surface area contributed by atoms with Crippen LogP contribution < -0.4 is 0 Å². The Balaban J connectivity index is 1.61. The third-order valence-electron chi connectivity index (χ3n) is 4.60. The second kappa shape index (κ2) is 8.67. The Bertz CT molecular complexity index is 1100. The van der Waals surface area contributed by atoms with Crippen LogP contribution in [-0.4, -0.2) is 54.6 Å². The molecule has 1 amide bonds. The summed E-state index contributed by atoms with van der Waals surface area (Å²) < 4.78 is 52.7. The van der Waals surface area contributed by atoms with Crippen LogP contribution in [0.3, 0.4) is 0 Å². The minimum absolute atomic E-state index is 0.0123. The Morgan fingerprint density at radius 1 is 1.00 bits per heavy atom. The van der Waals surface area contributed by atoms with Crippen molar-refractivity contribution in [2.45, 2.75) is 4.90 Å². The summed E-state index contributed by atoms with van der Waals surface area (Å²) in [5, 5.41) is 10.6. The number of nitro groups is 1. The number of carbonyl (C=O) groups is 1. The van der Waals surface area contributed by atoms with Gasteiger partial charge < -0.3 is 4.90 Å². The number of rotatable bonds is 5. The van der Waals surface area contributed by atoms with Gasteiger partial charge in [-0.15, -0.1) is 0 Å². The first kappa shape index (κ1) is 21.5. The number of amides is 1. The molecule has 3 rings (SSSR count).